The Bertz CT molecular complexity index is 689. The first-order valence-corrected chi connectivity index (χ1v) is 7.90. The maximum absolute atomic E-state index is 12.0. The van der Waals surface area contributed by atoms with Crippen LogP contribution < -0.4 is 20.1 Å². The third kappa shape index (κ3) is 5.36. The molecule has 2 aromatic rings. The number of aromatic nitrogens is 1. The molecule has 7 nitrogen and oxygen atoms in total. The monoisotopic (exact) mass is 345 g/mol. The average molecular weight is 345 g/mol. The van der Waals surface area contributed by atoms with Gasteiger partial charge in [-0.15, -0.1) is 0 Å². The van der Waals surface area contributed by atoms with Gasteiger partial charge in [0.1, 0.15) is 17.3 Å². The van der Waals surface area contributed by atoms with E-state index in [9.17, 15) is 4.79 Å². The molecule has 1 heterocycles. The molecule has 2 N–H and O–H groups in total. The molecule has 2 rings (SSSR count). The van der Waals surface area contributed by atoms with Crippen molar-refractivity contribution in [2.45, 2.75) is 6.42 Å². The van der Waals surface area contributed by atoms with Crippen LogP contribution in [0.25, 0.3) is 0 Å². The third-order valence-corrected chi connectivity index (χ3v) is 3.51. The maximum atomic E-state index is 12.0. The van der Waals surface area contributed by atoms with Crippen LogP contribution in [0.15, 0.2) is 36.5 Å². The molecule has 0 radical (unpaired) electrons. The number of carbonyl (C=O) groups excluding carboxylic acids is 1. The van der Waals surface area contributed by atoms with E-state index in [1.165, 1.54) is 6.20 Å². The summed E-state index contributed by atoms with van der Waals surface area (Å²) in [7, 11) is 4.82. The highest BCUT2D eigenvalue weighted by molar-refractivity contribution is 5.94. The molecule has 7 heteroatoms. The van der Waals surface area contributed by atoms with E-state index in [2.05, 4.69) is 15.6 Å². The molecular weight excluding hydrogens is 322 g/mol. The highest BCUT2D eigenvalue weighted by Crippen LogP contribution is 2.30. The quantitative estimate of drug-likeness (QED) is 0.680. The molecular formula is C18H23N3O4. The molecule has 0 aliphatic heterocycles. The first-order chi connectivity index (χ1) is 12.2. The first-order valence-electron chi connectivity index (χ1n) is 7.90. The van der Waals surface area contributed by atoms with Crippen LogP contribution in [0.1, 0.15) is 16.8 Å². The summed E-state index contributed by atoms with van der Waals surface area (Å²) in [5, 5.41) is 5.98. The van der Waals surface area contributed by atoms with Crippen LogP contribution in [-0.4, -0.2) is 45.4 Å². The van der Waals surface area contributed by atoms with Crippen molar-refractivity contribution in [1.29, 1.82) is 0 Å². The SMILES string of the molecule is COCCCNC(=O)c1ccc(Nc2ccc(OC)cc2OC)nc1. The van der Waals surface area contributed by atoms with E-state index in [1.54, 1.807) is 39.5 Å². The topological polar surface area (TPSA) is 81.7 Å². The number of pyridine rings is 1. The van der Waals surface area contributed by atoms with E-state index in [0.29, 0.717) is 36.0 Å². The van der Waals surface area contributed by atoms with Gasteiger partial charge in [0.2, 0.25) is 0 Å². The van der Waals surface area contributed by atoms with Gasteiger partial charge in [-0.05, 0) is 30.7 Å². The van der Waals surface area contributed by atoms with Crippen LogP contribution in [0.2, 0.25) is 0 Å². The Kier molecular flexibility index (Phi) is 7.03. The molecule has 0 unspecified atom stereocenters. The number of anilines is 2. The van der Waals surface area contributed by atoms with Crippen molar-refractivity contribution in [2.24, 2.45) is 0 Å². The molecule has 0 spiro atoms. The number of rotatable bonds is 9. The van der Waals surface area contributed by atoms with Crippen molar-refractivity contribution in [3.63, 3.8) is 0 Å². The van der Waals surface area contributed by atoms with Gasteiger partial charge in [-0.3, -0.25) is 4.79 Å². The van der Waals surface area contributed by atoms with Crippen molar-refractivity contribution in [1.82, 2.24) is 10.3 Å². The fraction of sp³-hybridized carbons (Fsp3) is 0.333. The third-order valence-electron chi connectivity index (χ3n) is 3.51. The Morgan fingerprint density at radius 2 is 1.96 bits per heavy atom. The summed E-state index contributed by atoms with van der Waals surface area (Å²) in [6.45, 7) is 1.18. The summed E-state index contributed by atoms with van der Waals surface area (Å²) in [6, 6.07) is 8.91. The summed E-state index contributed by atoms with van der Waals surface area (Å²) in [5.41, 5.74) is 1.26. The summed E-state index contributed by atoms with van der Waals surface area (Å²) >= 11 is 0. The number of nitrogens with zero attached hydrogens (tertiary/aromatic N) is 1. The lowest BCUT2D eigenvalue weighted by molar-refractivity contribution is 0.0948. The Morgan fingerprint density at radius 3 is 2.60 bits per heavy atom. The number of methoxy groups -OCH3 is 3. The van der Waals surface area contributed by atoms with E-state index in [4.69, 9.17) is 14.2 Å². The molecule has 0 aliphatic carbocycles. The summed E-state index contributed by atoms with van der Waals surface area (Å²) in [6.07, 6.45) is 2.30. The van der Waals surface area contributed by atoms with Crippen LogP contribution in [-0.2, 0) is 4.74 Å². The van der Waals surface area contributed by atoms with Crippen molar-refractivity contribution >= 4 is 17.4 Å². The van der Waals surface area contributed by atoms with Gasteiger partial charge in [-0.1, -0.05) is 0 Å². The number of hydrogen-bond acceptors (Lipinski definition) is 6. The molecule has 1 aromatic heterocycles. The van der Waals surface area contributed by atoms with E-state index >= 15 is 0 Å². The van der Waals surface area contributed by atoms with E-state index in [0.717, 1.165) is 12.1 Å². The fourth-order valence-corrected chi connectivity index (χ4v) is 2.16. The molecule has 0 bridgehead atoms. The van der Waals surface area contributed by atoms with Crippen LogP contribution in [0.4, 0.5) is 11.5 Å². The van der Waals surface area contributed by atoms with Gasteiger partial charge in [0.15, 0.2) is 0 Å². The highest BCUT2D eigenvalue weighted by atomic mass is 16.5. The van der Waals surface area contributed by atoms with Crippen molar-refractivity contribution < 1.29 is 19.0 Å². The maximum Gasteiger partial charge on any atom is 0.252 e. The minimum Gasteiger partial charge on any atom is -0.497 e. The normalized spacial score (nSPS) is 10.2. The van der Waals surface area contributed by atoms with Crippen molar-refractivity contribution in [2.75, 3.05) is 39.8 Å². The number of nitrogens with one attached hydrogen (secondary N) is 2. The number of benzene rings is 1. The fourth-order valence-electron chi connectivity index (χ4n) is 2.16. The lowest BCUT2D eigenvalue weighted by Crippen LogP contribution is -2.25. The van der Waals surface area contributed by atoms with Crippen LogP contribution in [0.3, 0.4) is 0 Å². The second kappa shape index (κ2) is 9.48. The Morgan fingerprint density at radius 1 is 1.12 bits per heavy atom. The highest BCUT2D eigenvalue weighted by Gasteiger charge is 2.08. The van der Waals surface area contributed by atoms with E-state index < -0.39 is 0 Å². The number of carbonyl (C=O) groups is 1. The Labute approximate surface area is 147 Å². The molecule has 1 aromatic carbocycles. The lowest BCUT2D eigenvalue weighted by atomic mass is 10.2. The van der Waals surface area contributed by atoms with Crippen LogP contribution in [0, 0.1) is 0 Å². The van der Waals surface area contributed by atoms with E-state index in [1.807, 2.05) is 12.1 Å². The molecule has 0 aliphatic rings. The van der Waals surface area contributed by atoms with Crippen molar-refractivity contribution in [3.8, 4) is 11.5 Å². The minimum absolute atomic E-state index is 0.155. The molecule has 0 saturated carbocycles. The predicted octanol–water partition coefficient (Wildman–Crippen LogP) is 2.61. The van der Waals surface area contributed by atoms with E-state index in [-0.39, 0.29) is 5.91 Å². The average Bonchev–Trinajstić information content (AvgIpc) is 2.66. The second-order valence-electron chi connectivity index (χ2n) is 5.23. The van der Waals surface area contributed by atoms with Crippen LogP contribution >= 0.6 is 0 Å². The van der Waals surface area contributed by atoms with Gasteiger partial charge in [0.05, 0.1) is 25.5 Å². The predicted molar refractivity (Wildman–Crippen MR) is 95.9 cm³/mol. The zero-order valence-corrected chi connectivity index (χ0v) is 14.7. The number of hydrogen-bond donors (Lipinski definition) is 2. The zero-order chi connectivity index (χ0) is 18.1. The minimum atomic E-state index is -0.155. The standard InChI is InChI=1S/C18H23N3O4/c1-23-10-4-9-19-18(22)13-5-8-17(20-12-13)21-15-7-6-14(24-2)11-16(15)25-3/h5-8,11-12H,4,9-10H2,1-3H3,(H,19,22)(H,20,21). The van der Waals surface area contributed by atoms with Gasteiger partial charge in [-0.25, -0.2) is 4.98 Å². The zero-order valence-electron chi connectivity index (χ0n) is 14.7. The Balaban J connectivity index is 1.99. The first kappa shape index (κ1) is 18.5. The van der Waals surface area contributed by atoms with Gasteiger partial charge in [-0.2, -0.15) is 0 Å². The molecule has 0 fully saturated rings. The second-order valence-corrected chi connectivity index (χ2v) is 5.23. The molecule has 0 saturated heterocycles. The summed E-state index contributed by atoms with van der Waals surface area (Å²) in [5.74, 6) is 1.80. The number of amides is 1. The van der Waals surface area contributed by atoms with Crippen LogP contribution in [0.5, 0.6) is 11.5 Å². The van der Waals surface area contributed by atoms with Gasteiger partial charge in [0.25, 0.3) is 5.91 Å². The molecule has 25 heavy (non-hydrogen) atoms. The summed E-state index contributed by atoms with van der Waals surface area (Å²) < 4.78 is 15.5. The Hall–Kier alpha value is -2.80. The largest absolute Gasteiger partial charge is 0.497 e. The van der Waals surface area contributed by atoms with Crippen molar-refractivity contribution in [3.05, 3.63) is 42.1 Å². The van der Waals surface area contributed by atoms with Gasteiger partial charge >= 0.3 is 0 Å². The van der Waals surface area contributed by atoms with Gasteiger partial charge < -0.3 is 24.8 Å². The van der Waals surface area contributed by atoms with Gasteiger partial charge in [0, 0.05) is 32.5 Å². The molecule has 134 valence electrons. The summed E-state index contributed by atoms with van der Waals surface area (Å²) in [4.78, 5) is 16.3. The smallest absolute Gasteiger partial charge is 0.252 e. The molecule has 1 amide bonds. The lowest BCUT2D eigenvalue weighted by Gasteiger charge is -2.12. The molecule has 0 atom stereocenters. The number of ether oxygens (including phenoxy) is 3.